The maximum absolute atomic E-state index is 10.7. The summed E-state index contributed by atoms with van der Waals surface area (Å²) in [5, 5.41) is 20.2. The van der Waals surface area contributed by atoms with Gasteiger partial charge in [-0.1, -0.05) is 23.4 Å². The number of benzene rings is 1. The molecule has 1 aromatic carbocycles. The molecule has 0 amide bonds. The molecule has 0 aromatic heterocycles. The topological polar surface area (TPSA) is 69.9 Å². The zero-order valence-corrected chi connectivity index (χ0v) is 7.06. The lowest BCUT2D eigenvalue weighted by Gasteiger charge is -2.02. The molecule has 0 radical (unpaired) electrons. The van der Waals surface area contributed by atoms with Gasteiger partial charge in [-0.3, -0.25) is 0 Å². The van der Waals surface area contributed by atoms with Crippen LogP contribution in [0.3, 0.4) is 0 Å². The molecular formula is C9H9NO3. The van der Waals surface area contributed by atoms with Crippen LogP contribution >= 0.6 is 0 Å². The van der Waals surface area contributed by atoms with Gasteiger partial charge in [-0.05, 0) is 13.0 Å². The molecule has 0 heterocycles. The molecule has 68 valence electrons. The zero-order valence-electron chi connectivity index (χ0n) is 7.06. The number of hydrogen-bond donors (Lipinski definition) is 2. The van der Waals surface area contributed by atoms with E-state index in [-0.39, 0.29) is 11.3 Å². The van der Waals surface area contributed by atoms with E-state index in [1.54, 1.807) is 25.1 Å². The highest BCUT2D eigenvalue weighted by atomic mass is 16.4. The van der Waals surface area contributed by atoms with Gasteiger partial charge in [0.05, 0.1) is 11.3 Å². The fraction of sp³-hybridized carbons (Fsp3) is 0.111. The molecular weight excluding hydrogens is 170 g/mol. The first-order valence-electron chi connectivity index (χ1n) is 3.68. The van der Waals surface area contributed by atoms with E-state index in [9.17, 15) is 4.79 Å². The fourth-order valence-corrected chi connectivity index (χ4v) is 1.04. The molecule has 0 spiro atoms. The minimum Gasteiger partial charge on any atom is -0.478 e. The van der Waals surface area contributed by atoms with Crippen LogP contribution in [0.2, 0.25) is 0 Å². The predicted octanol–water partition coefficient (Wildman–Crippen LogP) is 1.58. The van der Waals surface area contributed by atoms with Crippen LogP contribution in [-0.2, 0) is 0 Å². The summed E-state index contributed by atoms with van der Waals surface area (Å²) >= 11 is 0. The van der Waals surface area contributed by atoms with Gasteiger partial charge in [0.25, 0.3) is 0 Å². The van der Waals surface area contributed by atoms with Crippen molar-refractivity contribution in [3.63, 3.8) is 0 Å². The van der Waals surface area contributed by atoms with Crippen molar-refractivity contribution >= 4 is 11.7 Å². The van der Waals surface area contributed by atoms with E-state index in [2.05, 4.69) is 5.16 Å². The Bertz CT molecular complexity index is 358. The fourth-order valence-electron chi connectivity index (χ4n) is 1.04. The minimum atomic E-state index is -1.03. The summed E-state index contributed by atoms with van der Waals surface area (Å²) in [6.45, 7) is 1.54. The molecule has 0 aliphatic rings. The van der Waals surface area contributed by atoms with Crippen molar-refractivity contribution in [1.29, 1.82) is 0 Å². The second-order valence-electron chi connectivity index (χ2n) is 2.54. The van der Waals surface area contributed by atoms with Gasteiger partial charge in [-0.2, -0.15) is 0 Å². The van der Waals surface area contributed by atoms with Gasteiger partial charge in [0.1, 0.15) is 0 Å². The number of carbonyl (C=O) groups is 1. The Labute approximate surface area is 75.1 Å². The highest BCUT2D eigenvalue weighted by Gasteiger charge is 2.10. The Morgan fingerprint density at radius 2 is 1.85 bits per heavy atom. The molecule has 2 N–H and O–H groups in total. The van der Waals surface area contributed by atoms with E-state index in [4.69, 9.17) is 10.3 Å². The lowest BCUT2D eigenvalue weighted by atomic mass is 10.0. The summed E-state index contributed by atoms with van der Waals surface area (Å²) in [6.07, 6.45) is 0. The number of carboxylic acid groups (broad SMARTS) is 1. The molecule has 0 fully saturated rings. The van der Waals surface area contributed by atoms with E-state index >= 15 is 0 Å². The SMILES string of the molecule is C/C(=N\O)c1ccccc1C(=O)O. The molecule has 0 unspecified atom stereocenters. The quantitative estimate of drug-likeness (QED) is 0.411. The van der Waals surface area contributed by atoms with E-state index in [0.29, 0.717) is 5.56 Å². The molecule has 4 heteroatoms. The van der Waals surface area contributed by atoms with Gasteiger partial charge in [-0.25, -0.2) is 4.79 Å². The molecule has 1 aromatic rings. The Morgan fingerprint density at radius 3 is 2.31 bits per heavy atom. The first-order chi connectivity index (χ1) is 6.16. The van der Waals surface area contributed by atoms with Gasteiger partial charge in [0.2, 0.25) is 0 Å². The first kappa shape index (κ1) is 9.25. The Morgan fingerprint density at radius 1 is 1.31 bits per heavy atom. The predicted molar refractivity (Wildman–Crippen MR) is 47.4 cm³/mol. The third kappa shape index (κ3) is 1.84. The number of hydrogen-bond acceptors (Lipinski definition) is 3. The van der Waals surface area contributed by atoms with Crippen LogP contribution < -0.4 is 0 Å². The van der Waals surface area contributed by atoms with Crippen LogP contribution in [0.1, 0.15) is 22.8 Å². The van der Waals surface area contributed by atoms with Gasteiger partial charge >= 0.3 is 5.97 Å². The first-order valence-corrected chi connectivity index (χ1v) is 3.68. The molecule has 0 aliphatic carbocycles. The highest BCUT2D eigenvalue weighted by Crippen LogP contribution is 2.09. The van der Waals surface area contributed by atoms with Crippen molar-refractivity contribution in [2.24, 2.45) is 5.16 Å². The Balaban J connectivity index is 3.28. The molecule has 1 rings (SSSR count). The Kier molecular flexibility index (Phi) is 2.64. The molecule has 0 aliphatic heterocycles. The number of rotatable bonds is 2. The second kappa shape index (κ2) is 3.71. The van der Waals surface area contributed by atoms with Crippen LogP contribution in [0, 0.1) is 0 Å². The monoisotopic (exact) mass is 179 g/mol. The van der Waals surface area contributed by atoms with Crippen LogP contribution in [0.5, 0.6) is 0 Å². The van der Waals surface area contributed by atoms with Crippen molar-refractivity contribution in [2.75, 3.05) is 0 Å². The van der Waals surface area contributed by atoms with Gasteiger partial charge < -0.3 is 10.3 Å². The molecule has 4 nitrogen and oxygen atoms in total. The number of oxime groups is 1. The smallest absolute Gasteiger partial charge is 0.336 e. The average Bonchev–Trinajstić information content (AvgIpc) is 2.16. The number of nitrogens with zero attached hydrogens (tertiary/aromatic N) is 1. The standard InChI is InChI=1S/C9H9NO3/c1-6(10-13)7-4-2-3-5-8(7)9(11)12/h2-5,13H,1H3,(H,11,12)/b10-6+. The summed E-state index contributed by atoms with van der Waals surface area (Å²) in [7, 11) is 0. The third-order valence-electron chi connectivity index (χ3n) is 1.70. The van der Waals surface area contributed by atoms with Crippen LogP contribution in [-0.4, -0.2) is 22.0 Å². The normalized spacial score (nSPS) is 11.3. The van der Waals surface area contributed by atoms with E-state index in [1.807, 2.05) is 0 Å². The largest absolute Gasteiger partial charge is 0.478 e. The van der Waals surface area contributed by atoms with Crippen molar-refractivity contribution in [3.05, 3.63) is 35.4 Å². The molecule has 0 atom stereocenters. The average molecular weight is 179 g/mol. The van der Waals surface area contributed by atoms with Crippen molar-refractivity contribution < 1.29 is 15.1 Å². The minimum absolute atomic E-state index is 0.137. The maximum atomic E-state index is 10.7. The zero-order chi connectivity index (χ0) is 9.84. The highest BCUT2D eigenvalue weighted by molar-refractivity contribution is 6.07. The summed E-state index contributed by atoms with van der Waals surface area (Å²) in [4.78, 5) is 10.7. The lowest BCUT2D eigenvalue weighted by molar-refractivity contribution is 0.0696. The summed E-state index contributed by atoms with van der Waals surface area (Å²) in [6, 6.07) is 6.37. The van der Waals surface area contributed by atoms with Crippen LogP contribution in [0.4, 0.5) is 0 Å². The maximum Gasteiger partial charge on any atom is 0.336 e. The van der Waals surface area contributed by atoms with Gasteiger partial charge in [0, 0.05) is 5.56 Å². The van der Waals surface area contributed by atoms with Crippen LogP contribution in [0.25, 0.3) is 0 Å². The third-order valence-corrected chi connectivity index (χ3v) is 1.70. The van der Waals surface area contributed by atoms with E-state index in [0.717, 1.165) is 0 Å². The van der Waals surface area contributed by atoms with E-state index < -0.39 is 5.97 Å². The molecule has 0 saturated heterocycles. The van der Waals surface area contributed by atoms with Crippen molar-refractivity contribution in [2.45, 2.75) is 6.92 Å². The molecule has 0 bridgehead atoms. The molecule has 13 heavy (non-hydrogen) atoms. The van der Waals surface area contributed by atoms with Crippen molar-refractivity contribution in [1.82, 2.24) is 0 Å². The van der Waals surface area contributed by atoms with Crippen LogP contribution in [0.15, 0.2) is 29.4 Å². The Hall–Kier alpha value is -1.84. The summed E-state index contributed by atoms with van der Waals surface area (Å²) in [5.74, 6) is -1.03. The lowest BCUT2D eigenvalue weighted by Crippen LogP contribution is -2.06. The number of carboxylic acids is 1. The molecule has 0 saturated carbocycles. The number of aromatic carboxylic acids is 1. The van der Waals surface area contributed by atoms with Gasteiger partial charge in [-0.15, -0.1) is 0 Å². The van der Waals surface area contributed by atoms with Gasteiger partial charge in [0.15, 0.2) is 0 Å². The van der Waals surface area contributed by atoms with E-state index in [1.165, 1.54) is 6.07 Å². The van der Waals surface area contributed by atoms with Crippen molar-refractivity contribution in [3.8, 4) is 0 Å². The second-order valence-corrected chi connectivity index (χ2v) is 2.54. The summed E-state index contributed by atoms with van der Waals surface area (Å²) in [5.41, 5.74) is 0.855. The summed E-state index contributed by atoms with van der Waals surface area (Å²) < 4.78 is 0.